The van der Waals surface area contributed by atoms with Crippen molar-refractivity contribution < 1.29 is 9.53 Å². The van der Waals surface area contributed by atoms with E-state index in [2.05, 4.69) is 29.5 Å². The fourth-order valence-electron chi connectivity index (χ4n) is 1.71. The maximum absolute atomic E-state index is 11.2. The molecule has 0 radical (unpaired) electrons. The highest BCUT2D eigenvalue weighted by atomic mass is 127. The molecule has 0 aromatic rings. The average molecular weight is 399 g/mol. The number of rotatable bonds is 9. The van der Waals surface area contributed by atoms with Gasteiger partial charge in [0.2, 0.25) is 0 Å². The van der Waals surface area contributed by atoms with Crippen molar-refractivity contribution in [1.82, 2.24) is 10.6 Å². The third-order valence-corrected chi connectivity index (χ3v) is 3.09. The first kappa shape index (κ1) is 21.8. The van der Waals surface area contributed by atoms with Gasteiger partial charge in [-0.15, -0.1) is 24.0 Å². The summed E-state index contributed by atoms with van der Waals surface area (Å²) >= 11 is 0. The van der Waals surface area contributed by atoms with E-state index < -0.39 is 0 Å². The summed E-state index contributed by atoms with van der Waals surface area (Å²) in [5.41, 5.74) is 0. The van der Waals surface area contributed by atoms with E-state index in [1.807, 2.05) is 6.92 Å². The van der Waals surface area contributed by atoms with Gasteiger partial charge in [-0.1, -0.05) is 26.7 Å². The first-order chi connectivity index (χ1) is 9.17. The zero-order valence-electron chi connectivity index (χ0n) is 13.2. The number of hydrogen-bond acceptors (Lipinski definition) is 3. The lowest BCUT2D eigenvalue weighted by Gasteiger charge is -2.16. The van der Waals surface area contributed by atoms with Gasteiger partial charge >= 0.3 is 5.97 Å². The number of ether oxygens (including phenoxy) is 1. The van der Waals surface area contributed by atoms with Crippen LogP contribution in [0, 0.1) is 5.92 Å². The molecule has 5 nitrogen and oxygen atoms in total. The summed E-state index contributed by atoms with van der Waals surface area (Å²) in [6.45, 7) is 8.33. The zero-order valence-corrected chi connectivity index (χ0v) is 15.5. The van der Waals surface area contributed by atoms with E-state index in [0.717, 1.165) is 25.5 Å². The summed E-state index contributed by atoms with van der Waals surface area (Å²) in [4.78, 5) is 15.3. The molecule has 0 aliphatic rings. The molecule has 0 aromatic carbocycles. The summed E-state index contributed by atoms with van der Waals surface area (Å²) in [7, 11) is 1.76. The Hall–Kier alpha value is -0.530. The van der Waals surface area contributed by atoms with Crippen molar-refractivity contribution in [1.29, 1.82) is 0 Å². The SMILES string of the molecule is CCOC(=O)CCCNC(=NC)NCC(CC)CC.I. The van der Waals surface area contributed by atoms with Gasteiger partial charge in [-0.25, -0.2) is 0 Å². The molecule has 0 aliphatic heterocycles. The number of carbonyl (C=O) groups excluding carboxylic acids is 1. The van der Waals surface area contributed by atoms with Crippen LogP contribution in [0.25, 0.3) is 0 Å². The largest absolute Gasteiger partial charge is 0.466 e. The Bertz CT molecular complexity index is 269. The second kappa shape index (κ2) is 14.9. The Morgan fingerprint density at radius 1 is 1.20 bits per heavy atom. The molecule has 0 atom stereocenters. The Labute approximate surface area is 140 Å². The molecule has 0 saturated carbocycles. The van der Waals surface area contributed by atoms with Crippen LogP contribution < -0.4 is 10.6 Å². The highest BCUT2D eigenvalue weighted by Gasteiger charge is 2.05. The van der Waals surface area contributed by atoms with Crippen LogP contribution in [0.2, 0.25) is 0 Å². The smallest absolute Gasteiger partial charge is 0.305 e. The number of nitrogens with zero attached hydrogens (tertiary/aromatic N) is 1. The summed E-state index contributed by atoms with van der Waals surface area (Å²) < 4.78 is 4.87. The lowest BCUT2D eigenvalue weighted by Crippen LogP contribution is -2.40. The molecule has 0 fully saturated rings. The van der Waals surface area contributed by atoms with Gasteiger partial charge in [0.25, 0.3) is 0 Å². The third kappa shape index (κ3) is 11.3. The van der Waals surface area contributed by atoms with Crippen LogP contribution >= 0.6 is 24.0 Å². The average Bonchev–Trinajstić information content (AvgIpc) is 2.42. The van der Waals surface area contributed by atoms with Gasteiger partial charge < -0.3 is 15.4 Å². The van der Waals surface area contributed by atoms with Crippen molar-refractivity contribution in [3.63, 3.8) is 0 Å². The molecule has 20 heavy (non-hydrogen) atoms. The van der Waals surface area contributed by atoms with E-state index in [1.165, 1.54) is 12.8 Å². The normalized spacial score (nSPS) is 10.9. The molecule has 0 aromatic heterocycles. The quantitative estimate of drug-likeness (QED) is 0.206. The van der Waals surface area contributed by atoms with E-state index >= 15 is 0 Å². The van der Waals surface area contributed by atoms with E-state index in [9.17, 15) is 4.79 Å². The minimum absolute atomic E-state index is 0. The van der Waals surface area contributed by atoms with Crippen LogP contribution in [0.15, 0.2) is 4.99 Å². The van der Waals surface area contributed by atoms with E-state index in [1.54, 1.807) is 7.05 Å². The standard InChI is InChI=1S/C14H29N3O2.HI/c1-5-12(6-2)11-17-14(15-4)16-10-8-9-13(18)19-7-3;/h12H,5-11H2,1-4H3,(H2,15,16,17);1H. The van der Waals surface area contributed by atoms with Crippen LogP contribution in [0.3, 0.4) is 0 Å². The van der Waals surface area contributed by atoms with Crippen LogP contribution in [0.5, 0.6) is 0 Å². The van der Waals surface area contributed by atoms with Crippen LogP contribution in [-0.2, 0) is 9.53 Å². The first-order valence-corrected chi connectivity index (χ1v) is 7.27. The van der Waals surface area contributed by atoms with E-state index in [4.69, 9.17) is 4.74 Å². The molecule has 120 valence electrons. The Kier molecular flexibility index (Phi) is 16.2. The number of halogens is 1. The highest BCUT2D eigenvalue weighted by molar-refractivity contribution is 14.0. The Morgan fingerprint density at radius 2 is 1.85 bits per heavy atom. The summed E-state index contributed by atoms with van der Waals surface area (Å²) in [6, 6.07) is 0. The summed E-state index contributed by atoms with van der Waals surface area (Å²) in [5, 5.41) is 6.51. The number of nitrogens with one attached hydrogen (secondary N) is 2. The van der Waals surface area contributed by atoms with Gasteiger partial charge in [-0.3, -0.25) is 9.79 Å². The first-order valence-electron chi connectivity index (χ1n) is 7.27. The number of hydrogen-bond donors (Lipinski definition) is 2. The molecule has 0 bridgehead atoms. The van der Waals surface area contributed by atoms with Crippen LogP contribution in [0.1, 0.15) is 46.5 Å². The third-order valence-electron chi connectivity index (χ3n) is 3.09. The number of guanidine groups is 1. The number of esters is 1. The zero-order chi connectivity index (χ0) is 14.5. The molecule has 0 rings (SSSR count). The van der Waals surface area contributed by atoms with E-state index in [0.29, 0.717) is 18.9 Å². The van der Waals surface area contributed by atoms with Gasteiger partial charge in [-0.05, 0) is 19.3 Å². The minimum Gasteiger partial charge on any atom is -0.466 e. The Balaban J connectivity index is 0. The summed E-state index contributed by atoms with van der Waals surface area (Å²) in [6.07, 6.45) is 3.54. The fraction of sp³-hybridized carbons (Fsp3) is 0.857. The monoisotopic (exact) mass is 399 g/mol. The molecule has 0 saturated heterocycles. The summed E-state index contributed by atoms with van der Waals surface area (Å²) in [5.74, 6) is 1.35. The van der Waals surface area contributed by atoms with Gasteiger partial charge in [0, 0.05) is 26.6 Å². The topological polar surface area (TPSA) is 62.7 Å². The van der Waals surface area contributed by atoms with Crippen LogP contribution in [0.4, 0.5) is 0 Å². The Morgan fingerprint density at radius 3 is 2.35 bits per heavy atom. The second-order valence-electron chi connectivity index (χ2n) is 4.47. The van der Waals surface area contributed by atoms with Crippen molar-refractivity contribution in [2.75, 3.05) is 26.7 Å². The minimum atomic E-state index is -0.135. The predicted molar refractivity (Wildman–Crippen MR) is 94.7 cm³/mol. The second-order valence-corrected chi connectivity index (χ2v) is 4.47. The molecular formula is C14H30IN3O2. The molecule has 2 N–H and O–H groups in total. The predicted octanol–water partition coefficient (Wildman–Crippen LogP) is 2.55. The molecule has 0 unspecified atom stereocenters. The number of carbonyl (C=O) groups is 1. The maximum atomic E-state index is 11.2. The van der Waals surface area contributed by atoms with Crippen molar-refractivity contribution in [2.24, 2.45) is 10.9 Å². The van der Waals surface area contributed by atoms with Crippen molar-refractivity contribution in [3.05, 3.63) is 0 Å². The van der Waals surface area contributed by atoms with E-state index in [-0.39, 0.29) is 29.9 Å². The molecule has 6 heteroatoms. The molecule has 0 spiro atoms. The van der Waals surface area contributed by atoms with Gasteiger partial charge in [0.05, 0.1) is 6.61 Å². The van der Waals surface area contributed by atoms with Crippen molar-refractivity contribution in [2.45, 2.75) is 46.5 Å². The molecular weight excluding hydrogens is 369 g/mol. The number of aliphatic imine (C=N–C) groups is 1. The highest BCUT2D eigenvalue weighted by Crippen LogP contribution is 2.04. The van der Waals surface area contributed by atoms with Gasteiger partial charge in [-0.2, -0.15) is 0 Å². The van der Waals surface area contributed by atoms with Crippen molar-refractivity contribution >= 4 is 35.9 Å². The fourth-order valence-corrected chi connectivity index (χ4v) is 1.71. The lowest BCUT2D eigenvalue weighted by atomic mass is 10.0. The molecule has 0 aliphatic carbocycles. The lowest BCUT2D eigenvalue weighted by molar-refractivity contribution is -0.143. The van der Waals surface area contributed by atoms with Gasteiger partial charge in [0.1, 0.15) is 0 Å². The van der Waals surface area contributed by atoms with Gasteiger partial charge in [0.15, 0.2) is 5.96 Å². The molecule has 0 amide bonds. The van der Waals surface area contributed by atoms with Crippen molar-refractivity contribution in [3.8, 4) is 0 Å². The maximum Gasteiger partial charge on any atom is 0.305 e. The molecule has 0 heterocycles. The van der Waals surface area contributed by atoms with Crippen LogP contribution in [-0.4, -0.2) is 38.7 Å².